The van der Waals surface area contributed by atoms with Crippen LogP contribution in [0, 0.1) is 0 Å². The Labute approximate surface area is 122 Å². The number of benzene rings is 1. The minimum atomic E-state index is 0.169. The molecule has 2 N–H and O–H groups in total. The molecule has 0 spiro atoms. The highest BCUT2D eigenvalue weighted by Crippen LogP contribution is 2.20. The van der Waals surface area contributed by atoms with Gasteiger partial charge in [0.1, 0.15) is 0 Å². The van der Waals surface area contributed by atoms with E-state index >= 15 is 0 Å². The first-order valence-electron chi connectivity index (χ1n) is 6.43. The third-order valence-electron chi connectivity index (χ3n) is 2.99. The van der Waals surface area contributed by atoms with Crippen molar-refractivity contribution in [3.63, 3.8) is 0 Å². The second-order valence-corrected chi connectivity index (χ2v) is 4.71. The van der Waals surface area contributed by atoms with Crippen molar-refractivity contribution in [1.82, 2.24) is 24.7 Å². The number of rotatable bonds is 3. The summed E-state index contributed by atoms with van der Waals surface area (Å²) in [4.78, 5) is 14.7. The zero-order valence-corrected chi connectivity index (χ0v) is 11.8. The summed E-state index contributed by atoms with van der Waals surface area (Å²) in [6.07, 6.45) is 3.42. The van der Waals surface area contributed by atoms with E-state index in [4.69, 9.17) is 5.73 Å². The first-order chi connectivity index (χ1) is 10.1. The minimum Gasteiger partial charge on any atom is -0.378 e. The van der Waals surface area contributed by atoms with Gasteiger partial charge in [0.2, 0.25) is 5.95 Å². The number of aromatic nitrogens is 5. The van der Waals surface area contributed by atoms with E-state index in [0.29, 0.717) is 11.8 Å². The van der Waals surface area contributed by atoms with E-state index in [-0.39, 0.29) is 5.95 Å². The molecule has 0 saturated carbocycles. The van der Waals surface area contributed by atoms with Gasteiger partial charge in [-0.3, -0.25) is 0 Å². The molecule has 0 aliphatic carbocycles. The van der Waals surface area contributed by atoms with Crippen LogP contribution in [0.1, 0.15) is 0 Å². The molecular weight excluding hydrogens is 266 g/mol. The van der Waals surface area contributed by atoms with Crippen molar-refractivity contribution < 1.29 is 0 Å². The molecule has 1 aromatic carbocycles. The monoisotopic (exact) mass is 281 g/mol. The molecule has 0 radical (unpaired) electrons. The lowest BCUT2D eigenvalue weighted by Crippen LogP contribution is -2.09. The van der Waals surface area contributed by atoms with E-state index in [9.17, 15) is 0 Å². The minimum absolute atomic E-state index is 0.169. The summed E-state index contributed by atoms with van der Waals surface area (Å²) in [7, 11) is 3.98. The molecule has 3 aromatic rings. The van der Waals surface area contributed by atoms with Crippen LogP contribution >= 0.6 is 0 Å². The average molecular weight is 281 g/mol. The van der Waals surface area contributed by atoms with Gasteiger partial charge >= 0.3 is 0 Å². The van der Waals surface area contributed by atoms with Gasteiger partial charge in [0, 0.05) is 37.7 Å². The molecule has 0 fully saturated rings. The second kappa shape index (κ2) is 5.20. The van der Waals surface area contributed by atoms with Crippen LogP contribution in [0.3, 0.4) is 0 Å². The first-order valence-corrected chi connectivity index (χ1v) is 6.43. The maximum Gasteiger partial charge on any atom is 0.255 e. The van der Waals surface area contributed by atoms with Gasteiger partial charge < -0.3 is 10.6 Å². The molecule has 0 atom stereocenters. The van der Waals surface area contributed by atoms with Crippen LogP contribution in [0.5, 0.6) is 0 Å². The molecule has 7 nitrogen and oxygen atoms in total. The van der Waals surface area contributed by atoms with E-state index in [1.54, 1.807) is 23.1 Å². The Kier molecular flexibility index (Phi) is 3.23. The summed E-state index contributed by atoms with van der Waals surface area (Å²) in [5, 5.41) is 4.10. The fourth-order valence-electron chi connectivity index (χ4n) is 1.91. The van der Waals surface area contributed by atoms with Gasteiger partial charge in [-0.25, -0.2) is 4.68 Å². The summed E-state index contributed by atoms with van der Waals surface area (Å²) in [6, 6.07) is 9.71. The molecular formula is C14H15N7. The number of hydrogen-bond donors (Lipinski definition) is 1. The third-order valence-corrected chi connectivity index (χ3v) is 2.99. The van der Waals surface area contributed by atoms with Crippen molar-refractivity contribution >= 4 is 11.6 Å². The van der Waals surface area contributed by atoms with Crippen molar-refractivity contribution in [3.05, 3.63) is 42.7 Å². The zero-order chi connectivity index (χ0) is 14.8. The van der Waals surface area contributed by atoms with Gasteiger partial charge in [-0.2, -0.15) is 20.1 Å². The SMILES string of the molecule is CN(C)c1ccc(-c2nc(N)nc(-n3cccn3)n2)cc1. The van der Waals surface area contributed by atoms with E-state index in [1.165, 1.54) is 0 Å². The van der Waals surface area contributed by atoms with Crippen LogP contribution in [0.15, 0.2) is 42.7 Å². The maximum atomic E-state index is 5.77. The summed E-state index contributed by atoms with van der Waals surface area (Å²) in [5.74, 6) is 1.10. The smallest absolute Gasteiger partial charge is 0.255 e. The summed E-state index contributed by atoms with van der Waals surface area (Å²) < 4.78 is 1.55. The molecule has 0 saturated heterocycles. The average Bonchev–Trinajstić information content (AvgIpc) is 3.01. The summed E-state index contributed by atoms with van der Waals surface area (Å²) in [6.45, 7) is 0. The molecule has 0 aliphatic rings. The van der Waals surface area contributed by atoms with Gasteiger partial charge in [0.25, 0.3) is 5.95 Å². The van der Waals surface area contributed by atoms with Crippen LogP contribution in [0.4, 0.5) is 11.6 Å². The van der Waals surface area contributed by atoms with Crippen LogP contribution < -0.4 is 10.6 Å². The van der Waals surface area contributed by atoms with Gasteiger partial charge in [-0.05, 0) is 30.3 Å². The lowest BCUT2D eigenvalue weighted by Gasteiger charge is -2.12. The van der Waals surface area contributed by atoms with Crippen molar-refractivity contribution in [2.24, 2.45) is 0 Å². The predicted octanol–water partition coefficient (Wildman–Crippen LogP) is 1.37. The van der Waals surface area contributed by atoms with E-state index in [0.717, 1.165) is 11.3 Å². The topological polar surface area (TPSA) is 85.8 Å². The fourth-order valence-corrected chi connectivity index (χ4v) is 1.91. The fraction of sp³-hybridized carbons (Fsp3) is 0.143. The van der Waals surface area contributed by atoms with Crippen LogP contribution in [0.2, 0.25) is 0 Å². The van der Waals surface area contributed by atoms with Gasteiger partial charge in [0.15, 0.2) is 5.82 Å². The van der Waals surface area contributed by atoms with Crippen molar-refractivity contribution in [3.8, 4) is 17.3 Å². The normalized spacial score (nSPS) is 10.6. The number of nitrogen functional groups attached to an aromatic ring is 1. The maximum absolute atomic E-state index is 5.77. The molecule has 0 aliphatic heterocycles. The zero-order valence-electron chi connectivity index (χ0n) is 11.8. The Hall–Kier alpha value is -2.96. The van der Waals surface area contributed by atoms with Crippen molar-refractivity contribution in [1.29, 1.82) is 0 Å². The molecule has 2 aromatic heterocycles. The standard InChI is InChI=1S/C14H15N7/c1-20(2)11-6-4-10(5-7-11)12-17-13(15)19-14(18-12)21-9-3-8-16-21/h3-9H,1-2H3,(H2,15,17,18,19). The number of hydrogen-bond acceptors (Lipinski definition) is 6. The van der Waals surface area contributed by atoms with E-state index in [1.807, 2.05) is 43.3 Å². The van der Waals surface area contributed by atoms with E-state index < -0.39 is 0 Å². The molecule has 0 unspecified atom stereocenters. The lowest BCUT2D eigenvalue weighted by molar-refractivity contribution is 0.801. The van der Waals surface area contributed by atoms with Crippen molar-refractivity contribution in [2.45, 2.75) is 0 Å². The van der Waals surface area contributed by atoms with Crippen LogP contribution in [-0.2, 0) is 0 Å². The van der Waals surface area contributed by atoms with Gasteiger partial charge in [0.05, 0.1) is 0 Å². The lowest BCUT2D eigenvalue weighted by atomic mass is 10.2. The molecule has 7 heteroatoms. The highest BCUT2D eigenvalue weighted by molar-refractivity contribution is 5.61. The molecule has 3 rings (SSSR count). The molecule has 0 bridgehead atoms. The number of nitrogens with zero attached hydrogens (tertiary/aromatic N) is 6. The Morgan fingerprint density at radius 3 is 2.43 bits per heavy atom. The Morgan fingerprint density at radius 1 is 1.05 bits per heavy atom. The Morgan fingerprint density at radius 2 is 1.81 bits per heavy atom. The molecule has 2 heterocycles. The summed E-state index contributed by atoms with van der Waals surface area (Å²) in [5.41, 5.74) is 7.75. The summed E-state index contributed by atoms with van der Waals surface area (Å²) >= 11 is 0. The molecule has 106 valence electrons. The van der Waals surface area contributed by atoms with Crippen LogP contribution in [-0.4, -0.2) is 38.8 Å². The van der Waals surface area contributed by atoms with Crippen molar-refractivity contribution in [2.75, 3.05) is 24.7 Å². The number of nitrogens with two attached hydrogens (primary N) is 1. The highest BCUT2D eigenvalue weighted by atomic mass is 15.4. The first kappa shape index (κ1) is 13.0. The highest BCUT2D eigenvalue weighted by Gasteiger charge is 2.09. The molecule has 0 amide bonds. The predicted molar refractivity (Wildman–Crippen MR) is 81.1 cm³/mol. The third kappa shape index (κ3) is 2.66. The Bertz CT molecular complexity index is 733. The quantitative estimate of drug-likeness (QED) is 0.780. The largest absolute Gasteiger partial charge is 0.378 e. The van der Waals surface area contributed by atoms with Crippen LogP contribution in [0.25, 0.3) is 17.3 Å². The second-order valence-electron chi connectivity index (χ2n) is 4.71. The molecule has 21 heavy (non-hydrogen) atoms. The van der Waals surface area contributed by atoms with Gasteiger partial charge in [-0.15, -0.1) is 0 Å². The number of anilines is 2. The van der Waals surface area contributed by atoms with E-state index in [2.05, 4.69) is 20.1 Å². The Balaban J connectivity index is 2.02. The van der Waals surface area contributed by atoms with Gasteiger partial charge in [-0.1, -0.05) is 0 Å².